The van der Waals surface area contributed by atoms with Gasteiger partial charge in [-0.25, -0.2) is 17.5 Å². The maximum absolute atomic E-state index is 13.6. The number of carbonyl (C=O) groups is 3. The Morgan fingerprint density at radius 2 is 1.65 bits per heavy atom. The molecule has 0 atom stereocenters. The molecular weight excluding hydrogens is 745 g/mol. The van der Waals surface area contributed by atoms with Gasteiger partial charge >= 0.3 is 5.97 Å². The second-order valence-corrected chi connectivity index (χ2v) is 17.2. The Morgan fingerprint density at radius 3 is 2.33 bits per heavy atom. The quantitative estimate of drug-likeness (QED) is 0.0516. The van der Waals surface area contributed by atoms with Crippen molar-refractivity contribution < 1.29 is 46.8 Å². The van der Waals surface area contributed by atoms with Crippen LogP contribution in [0.5, 0.6) is 0 Å². The summed E-state index contributed by atoms with van der Waals surface area (Å²) in [5, 5.41) is 14.3. The Morgan fingerprint density at radius 1 is 0.964 bits per heavy atom. The zero-order valence-corrected chi connectivity index (χ0v) is 33.9. The van der Waals surface area contributed by atoms with Crippen molar-refractivity contribution in [3.63, 3.8) is 0 Å². The van der Waals surface area contributed by atoms with Crippen molar-refractivity contribution in [2.75, 3.05) is 31.6 Å². The monoisotopic (exact) mass is 792 g/mol. The van der Waals surface area contributed by atoms with Crippen molar-refractivity contribution in [3.8, 4) is 0 Å². The largest absolute Gasteiger partial charge is 0.691 e. The number of likely N-dealkylation sites (N-methyl/N-ethyl adjacent to an activating group) is 1. The summed E-state index contributed by atoms with van der Waals surface area (Å²) < 4.78 is 35.2. The summed E-state index contributed by atoms with van der Waals surface area (Å²) in [7, 11) is -2.44. The van der Waals surface area contributed by atoms with E-state index < -0.39 is 33.2 Å². The van der Waals surface area contributed by atoms with Gasteiger partial charge in [0.1, 0.15) is 6.54 Å². The van der Waals surface area contributed by atoms with E-state index in [4.69, 9.17) is 4.84 Å². The molecule has 15 heteroatoms. The number of imide groups is 1. The van der Waals surface area contributed by atoms with Gasteiger partial charge in [-0.1, -0.05) is 44.2 Å². The van der Waals surface area contributed by atoms with Crippen LogP contribution in [0.1, 0.15) is 78.4 Å². The molecule has 1 saturated heterocycles. The van der Waals surface area contributed by atoms with Crippen LogP contribution in [0, 0.1) is 0 Å². The smallest absolute Gasteiger partial charge is 0.333 e. The van der Waals surface area contributed by atoms with E-state index in [0.29, 0.717) is 11.6 Å². The van der Waals surface area contributed by atoms with Crippen LogP contribution < -0.4 is 10.2 Å². The number of benzene rings is 2. The van der Waals surface area contributed by atoms with Gasteiger partial charge in [-0.05, 0) is 76.1 Å². The number of hydroxylamine groups is 2. The van der Waals surface area contributed by atoms with Gasteiger partial charge in [-0.2, -0.15) is 8.91 Å². The predicted octanol–water partition coefficient (Wildman–Crippen LogP) is 5.69. The number of allylic oxidation sites excluding steroid dienone is 8. The summed E-state index contributed by atoms with van der Waals surface area (Å²) in [6, 6.07) is 11.1. The third-order valence-corrected chi connectivity index (χ3v) is 12.7. The lowest BCUT2D eigenvalue weighted by Gasteiger charge is -2.25. The van der Waals surface area contributed by atoms with Crippen LogP contribution in [0.25, 0.3) is 0 Å². The van der Waals surface area contributed by atoms with Crippen LogP contribution in [-0.4, -0.2) is 72.5 Å². The normalized spacial score (nSPS) is 18.7. The summed E-state index contributed by atoms with van der Waals surface area (Å²) in [5.74, 6) is -1.90. The van der Waals surface area contributed by atoms with Gasteiger partial charge in [-0.15, -0.1) is 5.06 Å². The second kappa shape index (κ2) is 17.2. The average Bonchev–Trinajstić information content (AvgIpc) is 3.67. The van der Waals surface area contributed by atoms with Crippen molar-refractivity contribution in [2.45, 2.75) is 87.8 Å². The maximum atomic E-state index is 13.6. The minimum absolute atomic E-state index is 0.000933. The third-order valence-electron chi connectivity index (χ3n) is 10.2. The lowest BCUT2D eigenvalue weighted by atomic mass is 9.81. The molecule has 294 valence electrons. The van der Waals surface area contributed by atoms with Gasteiger partial charge < -0.3 is 15.0 Å². The molecule has 0 saturated carbocycles. The first-order valence-electron chi connectivity index (χ1n) is 18.2. The molecule has 13 nitrogen and oxygen atoms in total. The summed E-state index contributed by atoms with van der Waals surface area (Å²) >= 11 is 0.882. The molecule has 3 heterocycles. The zero-order chi connectivity index (χ0) is 40.1. The molecule has 3 aliphatic heterocycles. The van der Waals surface area contributed by atoms with Gasteiger partial charge in [0, 0.05) is 78.8 Å². The topological polar surface area (TPSA) is 149 Å². The highest BCUT2D eigenvalue weighted by molar-refractivity contribution is 7.94. The number of amides is 2. The number of anilines is 1. The molecule has 5 rings (SSSR count). The van der Waals surface area contributed by atoms with E-state index in [0.717, 1.165) is 57.4 Å². The highest BCUT2D eigenvalue weighted by atomic mass is 32.2. The fraction of sp³-hybridized carbons (Fsp3) is 0.400. The zero-order valence-electron chi connectivity index (χ0n) is 32.2. The predicted molar refractivity (Wildman–Crippen MR) is 207 cm³/mol. The summed E-state index contributed by atoms with van der Waals surface area (Å²) in [4.78, 5) is 43.6. The van der Waals surface area contributed by atoms with E-state index in [-0.39, 0.29) is 42.5 Å². The number of rotatable bonds is 16. The first-order valence-corrected chi connectivity index (χ1v) is 20.4. The standard InChI is InChI=1S/C40H48N4O9S2/c1-8-42-32-21-19-28(54-53-52-48)26-30(32)39(3,4)34(42)16-13-11-10-12-14-17-35-40(5,6)31-27-29(20-22-33(31)43(35)9-2)55(49,50)41(7)25-15-18-38(47)51-44-36(45)23-24-37(44)46/h10-14,16-17,19-22,26-27H,8-9,15,18,23-25H2,1-7H3. The van der Waals surface area contributed by atoms with Crippen LogP contribution >= 0.6 is 12.0 Å². The fourth-order valence-electron chi connectivity index (χ4n) is 7.29. The molecule has 0 unspecified atom stereocenters. The lowest BCUT2D eigenvalue weighted by molar-refractivity contribution is -0.777. The lowest BCUT2D eigenvalue weighted by Crippen LogP contribution is -2.32. The molecule has 2 aromatic rings. The van der Waals surface area contributed by atoms with Crippen LogP contribution in [-0.2, 0) is 49.4 Å². The Bertz CT molecular complexity index is 2090. The maximum Gasteiger partial charge on any atom is 0.333 e. The molecule has 3 aliphatic rings. The molecule has 0 spiro atoms. The Labute approximate surface area is 327 Å². The minimum atomic E-state index is -3.89. The van der Waals surface area contributed by atoms with Gasteiger partial charge in [0.2, 0.25) is 15.7 Å². The molecule has 0 radical (unpaired) electrons. The first-order chi connectivity index (χ1) is 26.1. The van der Waals surface area contributed by atoms with Gasteiger partial charge in [0.15, 0.2) is 5.71 Å². The van der Waals surface area contributed by atoms with E-state index in [2.05, 4.69) is 72.5 Å². The Hall–Kier alpha value is -4.38. The first kappa shape index (κ1) is 41.8. The van der Waals surface area contributed by atoms with Crippen LogP contribution in [0.3, 0.4) is 0 Å². The van der Waals surface area contributed by atoms with Crippen LogP contribution in [0.4, 0.5) is 11.4 Å². The van der Waals surface area contributed by atoms with Crippen molar-refractivity contribution >= 4 is 56.9 Å². The number of sulfonamides is 1. The molecule has 2 aromatic carbocycles. The second-order valence-electron chi connectivity index (χ2n) is 14.4. The molecular formula is C40H48N4O9S2. The highest BCUT2D eigenvalue weighted by Gasteiger charge is 2.44. The van der Waals surface area contributed by atoms with E-state index in [1.807, 2.05) is 54.6 Å². The van der Waals surface area contributed by atoms with Crippen LogP contribution in [0.2, 0.25) is 0 Å². The van der Waals surface area contributed by atoms with E-state index in [9.17, 15) is 28.1 Å². The fourth-order valence-corrected chi connectivity index (χ4v) is 8.93. The molecule has 0 aromatic heterocycles. The van der Waals surface area contributed by atoms with Crippen molar-refractivity contribution in [2.24, 2.45) is 0 Å². The molecule has 0 aliphatic carbocycles. The van der Waals surface area contributed by atoms with E-state index >= 15 is 0 Å². The Kier molecular flexibility index (Phi) is 13.1. The van der Waals surface area contributed by atoms with Crippen molar-refractivity contribution in [1.82, 2.24) is 9.37 Å². The average molecular weight is 793 g/mol. The minimum Gasteiger partial charge on any atom is -0.691 e. The number of hydrogen-bond acceptors (Lipinski definition) is 11. The van der Waals surface area contributed by atoms with Crippen LogP contribution in [0.15, 0.2) is 94.4 Å². The molecule has 0 bridgehead atoms. The molecule has 0 N–H and O–H groups in total. The highest BCUT2D eigenvalue weighted by Crippen LogP contribution is 2.48. The summed E-state index contributed by atoms with van der Waals surface area (Å²) in [6.45, 7) is 14.2. The van der Waals surface area contributed by atoms with Crippen molar-refractivity contribution in [1.29, 1.82) is 0 Å². The summed E-state index contributed by atoms with van der Waals surface area (Å²) in [6.07, 6.45) is 14.1. The van der Waals surface area contributed by atoms with Gasteiger partial charge in [-0.3, -0.25) is 14.6 Å². The van der Waals surface area contributed by atoms with Gasteiger partial charge in [0.05, 0.1) is 22.4 Å². The van der Waals surface area contributed by atoms with E-state index in [1.54, 1.807) is 12.1 Å². The number of hydrogen-bond donors (Lipinski definition) is 0. The molecule has 55 heavy (non-hydrogen) atoms. The number of carbonyl (C=O) groups excluding carboxylic acids is 3. The summed E-state index contributed by atoms with van der Waals surface area (Å²) in [5.41, 5.74) is 5.49. The Balaban J connectivity index is 1.24. The number of fused-ring (bicyclic) bond motifs is 2. The van der Waals surface area contributed by atoms with Gasteiger partial charge in [0.25, 0.3) is 11.8 Å². The van der Waals surface area contributed by atoms with Crippen molar-refractivity contribution in [3.05, 3.63) is 95.8 Å². The van der Waals surface area contributed by atoms with E-state index in [1.165, 1.54) is 11.4 Å². The molecule has 2 amide bonds. The SMILES string of the molecule is CCN1/C(=C/C=C/C=C/C=C/C2=[N+](CC)c3ccc(SOO[O-])cc3C2(C)C)C(C)(C)c2cc(S(=O)(=O)N(C)CCCC(=O)ON3C(=O)CCC3=O)ccc21. The number of nitrogens with zero attached hydrogens (tertiary/aromatic N) is 4. The molecule has 1 fully saturated rings. The third kappa shape index (κ3) is 8.56.